The standard InChI is InChI=1S/C20H10F6N2OS/c21-19(22,23)14-7-12(6-13(8-14)18-27-10-29-28-18)16-9-15(11-4-2-1-3-5-11)17(30-16)20(24,25)26/h1-10H. The fourth-order valence-corrected chi connectivity index (χ4v) is 3.97. The van der Waals surface area contributed by atoms with Crippen LogP contribution in [0.2, 0.25) is 0 Å². The molecular formula is C20H10F6N2OS. The Morgan fingerprint density at radius 2 is 1.47 bits per heavy atom. The van der Waals surface area contributed by atoms with Crippen molar-refractivity contribution in [2.75, 3.05) is 0 Å². The van der Waals surface area contributed by atoms with Crippen molar-refractivity contribution >= 4 is 11.3 Å². The number of benzene rings is 2. The number of hydrogen-bond donors (Lipinski definition) is 0. The second-order valence-corrected chi connectivity index (χ2v) is 7.32. The summed E-state index contributed by atoms with van der Waals surface area (Å²) >= 11 is 0.383. The van der Waals surface area contributed by atoms with Gasteiger partial charge in [-0.05, 0) is 35.4 Å². The molecule has 10 heteroatoms. The zero-order valence-corrected chi connectivity index (χ0v) is 15.6. The zero-order valence-electron chi connectivity index (χ0n) is 14.8. The first-order valence-corrected chi connectivity index (χ1v) is 9.20. The first kappa shape index (κ1) is 20.1. The number of nitrogens with zero attached hydrogens (tertiary/aromatic N) is 2. The molecule has 0 saturated carbocycles. The average Bonchev–Trinajstić information content (AvgIpc) is 3.37. The molecule has 4 aromatic rings. The number of rotatable bonds is 3. The molecule has 0 N–H and O–H groups in total. The van der Waals surface area contributed by atoms with Crippen LogP contribution in [0.25, 0.3) is 33.0 Å². The number of aromatic nitrogens is 2. The van der Waals surface area contributed by atoms with E-state index in [9.17, 15) is 26.3 Å². The highest BCUT2D eigenvalue weighted by Crippen LogP contribution is 2.47. The molecule has 2 heterocycles. The molecule has 2 aromatic heterocycles. The van der Waals surface area contributed by atoms with Gasteiger partial charge >= 0.3 is 12.4 Å². The van der Waals surface area contributed by atoms with E-state index in [1.165, 1.54) is 24.3 Å². The highest BCUT2D eigenvalue weighted by atomic mass is 32.1. The summed E-state index contributed by atoms with van der Waals surface area (Å²) in [7, 11) is 0. The average molecular weight is 440 g/mol. The second kappa shape index (κ2) is 7.28. The van der Waals surface area contributed by atoms with Crippen molar-refractivity contribution in [2.24, 2.45) is 0 Å². The predicted octanol–water partition coefficient (Wildman–Crippen LogP) is 7.17. The van der Waals surface area contributed by atoms with Crippen molar-refractivity contribution in [3.8, 4) is 33.0 Å². The second-order valence-electron chi connectivity index (χ2n) is 6.27. The molecule has 0 aliphatic carbocycles. The maximum absolute atomic E-state index is 13.6. The van der Waals surface area contributed by atoms with Gasteiger partial charge in [0.2, 0.25) is 12.2 Å². The van der Waals surface area contributed by atoms with E-state index in [-0.39, 0.29) is 27.4 Å². The smallest absolute Gasteiger partial charge is 0.342 e. The summed E-state index contributed by atoms with van der Waals surface area (Å²) in [4.78, 5) is 2.88. The van der Waals surface area contributed by atoms with Crippen LogP contribution in [-0.4, -0.2) is 10.1 Å². The van der Waals surface area contributed by atoms with E-state index < -0.39 is 22.8 Å². The lowest BCUT2D eigenvalue weighted by molar-refractivity contribution is -0.137. The summed E-state index contributed by atoms with van der Waals surface area (Å²) in [6.45, 7) is 0. The first-order chi connectivity index (χ1) is 14.1. The summed E-state index contributed by atoms with van der Waals surface area (Å²) in [6, 6.07) is 12.1. The molecular weight excluding hydrogens is 430 g/mol. The molecule has 30 heavy (non-hydrogen) atoms. The Bertz CT molecular complexity index is 1160. The third-order valence-corrected chi connectivity index (χ3v) is 5.47. The van der Waals surface area contributed by atoms with E-state index >= 15 is 0 Å². The molecule has 0 saturated heterocycles. The van der Waals surface area contributed by atoms with Gasteiger partial charge < -0.3 is 4.52 Å². The molecule has 4 rings (SSSR count). The third-order valence-electron chi connectivity index (χ3n) is 4.24. The molecule has 0 bridgehead atoms. The summed E-state index contributed by atoms with van der Waals surface area (Å²) in [5.74, 6) is -0.0989. The molecule has 0 fully saturated rings. The van der Waals surface area contributed by atoms with Gasteiger partial charge in [0.1, 0.15) is 4.88 Å². The van der Waals surface area contributed by atoms with E-state index in [1.807, 2.05) is 0 Å². The first-order valence-electron chi connectivity index (χ1n) is 8.39. The molecule has 3 nitrogen and oxygen atoms in total. The van der Waals surface area contributed by atoms with Crippen molar-refractivity contribution in [1.82, 2.24) is 10.1 Å². The molecule has 2 aromatic carbocycles. The van der Waals surface area contributed by atoms with E-state index in [4.69, 9.17) is 0 Å². The Kier molecular flexibility index (Phi) is 4.89. The minimum Gasteiger partial charge on any atom is -0.342 e. The van der Waals surface area contributed by atoms with Crippen molar-refractivity contribution in [3.63, 3.8) is 0 Å². The van der Waals surface area contributed by atoms with E-state index in [0.717, 1.165) is 18.5 Å². The fraction of sp³-hybridized carbons (Fsp3) is 0.100. The molecule has 0 aliphatic heterocycles. The Balaban J connectivity index is 1.92. The van der Waals surface area contributed by atoms with Crippen LogP contribution in [0.5, 0.6) is 0 Å². The number of hydrogen-bond acceptors (Lipinski definition) is 4. The van der Waals surface area contributed by atoms with E-state index in [0.29, 0.717) is 16.9 Å². The van der Waals surface area contributed by atoms with Gasteiger partial charge in [-0.15, -0.1) is 11.3 Å². The summed E-state index contributed by atoms with van der Waals surface area (Å²) in [5.41, 5.74) is -0.846. The van der Waals surface area contributed by atoms with Gasteiger partial charge in [-0.2, -0.15) is 31.3 Å². The predicted molar refractivity (Wildman–Crippen MR) is 98.5 cm³/mol. The lowest BCUT2D eigenvalue weighted by Crippen LogP contribution is -2.05. The monoisotopic (exact) mass is 440 g/mol. The Labute approximate surface area is 169 Å². The maximum atomic E-state index is 13.6. The topological polar surface area (TPSA) is 38.9 Å². The maximum Gasteiger partial charge on any atom is 0.426 e. The van der Waals surface area contributed by atoms with Crippen molar-refractivity contribution < 1.29 is 30.9 Å². The lowest BCUT2D eigenvalue weighted by Gasteiger charge is -2.10. The fourth-order valence-electron chi connectivity index (χ4n) is 2.94. The van der Waals surface area contributed by atoms with Crippen LogP contribution >= 0.6 is 11.3 Å². The van der Waals surface area contributed by atoms with Crippen LogP contribution in [0, 0.1) is 0 Å². The van der Waals surface area contributed by atoms with Crippen molar-refractivity contribution in [2.45, 2.75) is 12.4 Å². The Hall–Kier alpha value is -3.14. The lowest BCUT2D eigenvalue weighted by atomic mass is 10.0. The molecule has 0 spiro atoms. The molecule has 0 unspecified atom stereocenters. The Morgan fingerprint density at radius 1 is 0.767 bits per heavy atom. The SMILES string of the molecule is FC(F)(F)c1cc(-c2ncon2)cc(-c2cc(-c3ccccc3)c(C(F)(F)F)s2)c1. The number of alkyl halides is 6. The minimum atomic E-state index is -4.71. The van der Waals surface area contributed by atoms with Gasteiger partial charge in [0.25, 0.3) is 0 Å². The van der Waals surface area contributed by atoms with Gasteiger partial charge in [-0.1, -0.05) is 35.5 Å². The quantitative estimate of drug-likeness (QED) is 0.317. The van der Waals surface area contributed by atoms with Crippen LogP contribution < -0.4 is 0 Å². The third kappa shape index (κ3) is 3.95. The van der Waals surface area contributed by atoms with Crippen LogP contribution in [0.1, 0.15) is 10.4 Å². The highest BCUT2D eigenvalue weighted by molar-refractivity contribution is 7.16. The largest absolute Gasteiger partial charge is 0.426 e. The minimum absolute atomic E-state index is 0.0169. The number of halogens is 6. The zero-order chi connectivity index (χ0) is 21.5. The number of thiophene rings is 1. The van der Waals surface area contributed by atoms with E-state index in [1.54, 1.807) is 18.2 Å². The summed E-state index contributed by atoms with van der Waals surface area (Å²) < 4.78 is 85.7. The normalized spacial score (nSPS) is 12.3. The summed E-state index contributed by atoms with van der Waals surface area (Å²) in [5, 5.41) is 3.52. The molecule has 0 radical (unpaired) electrons. The van der Waals surface area contributed by atoms with Crippen molar-refractivity contribution in [3.05, 3.63) is 71.4 Å². The van der Waals surface area contributed by atoms with Gasteiger partial charge in [0.15, 0.2) is 0 Å². The van der Waals surface area contributed by atoms with E-state index in [2.05, 4.69) is 14.7 Å². The molecule has 0 atom stereocenters. The van der Waals surface area contributed by atoms with Gasteiger partial charge in [0, 0.05) is 16.0 Å². The van der Waals surface area contributed by atoms with Crippen LogP contribution in [0.3, 0.4) is 0 Å². The van der Waals surface area contributed by atoms with Crippen LogP contribution in [-0.2, 0) is 12.4 Å². The molecule has 0 aliphatic rings. The van der Waals surface area contributed by atoms with Gasteiger partial charge in [-0.25, -0.2) is 0 Å². The van der Waals surface area contributed by atoms with Crippen LogP contribution in [0.4, 0.5) is 26.3 Å². The highest BCUT2D eigenvalue weighted by Gasteiger charge is 2.37. The molecule has 0 amide bonds. The van der Waals surface area contributed by atoms with Crippen LogP contribution in [0.15, 0.2) is 65.5 Å². The van der Waals surface area contributed by atoms with Gasteiger partial charge in [-0.3, -0.25) is 0 Å². The van der Waals surface area contributed by atoms with Crippen molar-refractivity contribution in [1.29, 1.82) is 0 Å². The molecule has 154 valence electrons. The van der Waals surface area contributed by atoms with Gasteiger partial charge in [0.05, 0.1) is 5.56 Å². The Morgan fingerprint density at radius 3 is 2.07 bits per heavy atom. The summed E-state index contributed by atoms with van der Waals surface area (Å²) in [6.07, 6.45) is -8.41.